The first-order valence-corrected chi connectivity index (χ1v) is 6.83. The summed E-state index contributed by atoms with van der Waals surface area (Å²) in [6, 6.07) is 13.3. The molecule has 0 aliphatic heterocycles. The van der Waals surface area contributed by atoms with Crippen LogP contribution in [0.15, 0.2) is 53.6 Å². The third-order valence-electron chi connectivity index (χ3n) is 2.97. The first-order valence-electron chi connectivity index (χ1n) is 6.83. The Morgan fingerprint density at radius 3 is 2.64 bits per heavy atom. The van der Waals surface area contributed by atoms with Gasteiger partial charge < -0.3 is 4.74 Å². The topological polar surface area (TPSA) is 50.7 Å². The van der Waals surface area contributed by atoms with E-state index in [2.05, 4.69) is 10.5 Å². The molecule has 0 fully saturated rings. The number of benzene rings is 2. The minimum absolute atomic E-state index is 0.121. The van der Waals surface area contributed by atoms with E-state index >= 15 is 0 Å². The molecule has 2 rings (SSSR count). The van der Waals surface area contributed by atoms with Crippen LogP contribution in [0.4, 0.5) is 4.39 Å². The zero-order valence-electron chi connectivity index (χ0n) is 12.5. The summed E-state index contributed by atoms with van der Waals surface area (Å²) in [5.74, 6) is -0.0375. The third-order valence-corrected chi connectivity index (χ3v) is 2.97. The number of rotatable bonds is 5. The van der Waals surface area contributed by atoms with Gasteiger partial charge in [0, 0.05) is 0 Å². The van der Waals surface area contributed by atoms with E-state index in [1.807, 2.05) is 25.1 Å². The lowest BCUT2D eigenvalue weighted by Gasteiger charge is -2.06. The fraction of sp³-hybridized carbons (Fsp3) is 0.176. The number of carbonyl (C=O) groups excluding carboxylic acids is 1. The number of hydrogen-bond acceptors (Lipinski definition) is 3. The average molecular weight is 300 g/mol. The van der Waals surface area contributed by atoms with Crippen LogP contribution in [-0.2, 0) is 4.79 Å². The summed E-state index contributed by atoms with van der Waals surface area (Å²) < 4.78 is 18.2. The van der Waals surface area contributed by atoms with Crippen molar-refractivity contribution >= 4 is 11.6 Å². The molecule has 0 saturated carbocycles. The number of halogens is 1. The fourth-order valence-electron chi connectivity index (χ4n) is 1.79. The van der Waals surface area contributed by atoms with Crippen molar-refractivity contribution in [3.63, 3.8) is 0 Å². The molecule has 1 amide bonds. The van der Waals surface area contributed by atoms with Crippen molar-refractivity contribution in [3.05, 3.63) is 65.5 Å². The van der Waals surface area contributed by atoms with Gasteiger partial charge in [0.15, 0.2) is 6.61 Å². The van der Waals surface area contributed by atoms with Gasteiger partial charge in [0.1, 0.15) is 11.6 Å². The summed E-state index contributed by atoms with van der Waals surface area (Å²) in [6.45, 7) is 3.56. The highest BCUT2D eigenvalue weighted by Gasteiger charge is 2.03. The van der Waals surface area contributed by atoms with E-state index in [0.29, 0.717) is 11.5 Å². The number of hydrazone groups is 1. The molecule has 1 N–H and O–H groups in total. The van der Waals surface area contributed by atoms with Crippen LogP contribution >= 0.6 is 0 Å². The molecule has 0 aliphatic rings. The van der Waals surface area contributed by atoms with E-state index in [1.54, 1.807) is 25.1 Å². The predicted octanol–water partition coefficient (Wildman–Crippen LogP) is 3.05. The van der Waals surface area contributed by atoms with E-state index in [9.17, 15) is 9.18 Å². The van der Waals surface area contributed by atoms with Crippen molar-refractivity contribution in [3.8, 4) is 5.75 Å². The third kappa shape index (κ3) is 4.70. The van der Waals surface area contributed by atoms with Crippen molar-refractivity contribution in [1.82, 2.24) is 5.43 Å². The van der Waals surface area contributed by atoms with Gasteiger partial charge in [-0.2, -0.15) is 5.10 Å². The molecule has 0 aliphatic carbocycles. The highest BCUT2D eigenvalue weighted by molar-refractivity contribution is 5.99. The molecule has 5 heteroatoms. The van der Waals surface area contributed by atoms with Crippen LogP contribution in [0.1, 0.15) is 18.1 Å². The van der Waals surface area contributed by atoms with Gasteiger partial charge in [-0.15, -0.1) is 0 Å². The summed E-state index contributed by atoms with van der Waals surface area (Å²) in [5.41, 5.74) is 4.79. The van der Waals surface area contributed by atoms with Gasteiger partial charge in [-0.3, -0.25) is 4.79 Å². The van der Waals surface area contributed by atoms with E-state index in [4.69, 9.17) is 4.74 Å². The molecule has 0 heterocycles. The second kappa shape index (κ2) is 7.36. The zero-order valence-corrected chi connectivity index (χ0v) is 12.5. The smallest absolute Gasteiger partial charge is 0.277 e. The van der Waals surface area contributed by atoms with Crippen molar-refractivity contribution in [2.75, 3.05) is 6.61 Å². The van der Waals surface area contributed by atoms with E-state index in [0.717, 1.165) is 11.1 Å². The van der Waals surface area contributed by atoms with Crippen LogP contribution in [0, 0.1) is 12.7 Å². The van der Waals surface area contributed by atoms with Crippen molar-refractivity contribution in [2.45, 2.75) is 13.8 Å². The van der Waals surface area contributed by atoms with Gasteiger partial charge in [-0.25, -0.2) is 9.82 Å². The molecular formula is C17H17FN2O2. The zero-order chi connectivity index (χ0) is 15.9. The number of carbonyl (C=O) groups is 1. The van der Waals surface area contributed by atoms with Crippen molar-refractivity contribution < 1.29 is 13.9 Å². The standard InChI is InChI=1S/C17H17FN2O2/c1-12-4-3-5-16(10-12)22-11-17(21)20-19-13(2)14-6-8-15(18)9-7-14/h3-10H,11H2,1-2H3,(H,20,21)/b19-13-. The molecule has 4 nitrogen and oxygen atoms in total. The lowest BCUT2D eigenvalue weighted by atomic mass is 10.1. The van der Waals surface area contributed by atoms with E-state index in [-0.39, 0.29) is 18.3 Å². The number of aryl methyl sites for hydroxylation is 1. The normalized spacial score (nSPS) is 11.1. The Labute approximate surface area is 128 Å². The highest BCUT2D eigenvalue weighted by atomic mass is 19.1. The molecular weight excluding hydrogens is 283 g/mol. The lowest BCUT2D eigenvalue weighted by molar-refractivity contribution is -0.123. The number of amides is 1. The van der Waals surface area contributed by atoms with Gasteiger partial charge >= 0.3 is 0 Å². The first kappa shape index (κ1) is 15.7. The maximum absolute atomic E-state index is 12.8. The lowest BCUT2D eigenvalue weighted by Crippen LogP contribution is -2.25. The first-order chi connectivity index (χ1) is 10.5. The summed E-state index contributed by atoms with van der Waals surface area (Å²) in [5, 5.41) is 3.97. The van der Waals surface area contributed by atoms with Gasteiger partial charge in [0.2, 0.25) is 0 Å². The number of nitrogens with zero attached hydrogens (tertiary/aromatic N) is 1. The maximum atomic E-state index is 12.8. The maximum Gasteiger partial charge on any atom is 0.277 e. The van der Waals surface area contributed by atoms with Gasteiger partial charge in [-0.1, -0.05) is 24.3 Å². The molecule has 0 unspecified atom stereocenters. The van der Waals surface area contributed by atoms with Crippen molar-refractivity contribution in [2.24, 2.45) is 5.10 Å². The highest BCUT2D eigenvalue weighted by Crippen LogP contribution is 2.11. The summed E-state index contributed by atoms with van der Waals surface area (Å²) in [7, 11) is 0. The van der Waals surface area contributed by atoms with Crippen LogP contribution in [-0.4, -0.2) is 18.2 Å². The Morgan fingerprint density at radius 2 is 1.95 bits per heavy atom. The largest absolute Gasteiger partial charge is 0.484 e. The summed E-state index contributed by atoms with van der Waals surface area (Å²) >= 11 is 0. The molecule has 2 aromatic carbocycles. The Kier molecular flexibility index (Phi) is 5.25. The molecule has 2 aromatic rings. The van der Waals surface area contributed by atoms with Crippen molar-refractivity contribution in [1.29, 1.82) is 0 Å². The van der Waals surface area contributed by atoms with Crippen LogP contribution in [0.25, 0.3) is 0 Å². The average Bonchev–Trinajstić information content (AvgIpc) is 2.51. The number of ether oxygens (including phenoxy) is 1. The molecule has 0 spiro atoms. The number of hydrogen-bond donors (Lipinski definition) is 1. The Hall–Kier alpha value is -2.69. The molecule has 0 bridgehead atoms. The van der Waals surface area contributed by atoms with Crippen LogP contribution in [0.3, 0.4) is 0 Å². The minimum Gasteiger partial charge on any atom is -0.484 e. The second-order valence-electron chi connectivity index (χ2n) is 4.84. The molecule has 0 aromatic heterocycles. The van der Waals surface area contributed by atoms with Crippen LogP contribution < -0.4 is 10.2 Å². The Balaban J connectivity index is 1.86. The molecule has 0 atom stereocenters. The van der Waals surface area contributed by atoms with Gasteiger partial charge in [0.25, 0.3) is 5.91 Å². The van der Waals surface area contributed by atoms with Crippen LogP contribution in [0.2, 0.25) is 0 Å². The van der Waals surface area contributed by atoms with E-state index in [1.165, 1.54) is 12.1 Å². The molecule has 0 radical (unpaired) electrons. The Bertz CT molecular complexity index is 681. The van der Waals surface area contributed by atoms with Gasteiger partial charge in [0.05, 0.1) is 5.71 Å². The van der Waals surface area contributed by atoms with E-state index < -0.39 is 0 Å². The predicted molar refractivity (Wildman–Crippen MR) is 83.4 cm³/mol. The monoisotopic (exact) mass is 300 g/mol. The van der Waals surface area contributed by atoms with Gasteiger partial charge in [-0.05, 0) is 49.2 Å². The Morgan fingerprint density at radius 1 is 1.23 bits per heavy atom. The minimum atomic E-state index is -0.358. The SMILES string of the molecule is C/C(=N/NC(=O)COc1cccc(C)c1)c1ccc(F)cc1. The molecule has 114 valence electrons. The molecule has 22 heavy (non-hydrogen) atoms. The quantitative estimate of drug-likeness (QED) is 0.681. The van der Waals surface area contributed by atoms with Crippen LogP contribution in [0.5, 0.6) is 5.75 Å². The number of nitrogens with one attached hydrogen (secondary N) is 1. The second-order valence-corrected chi connectivity index (χ2v) is 4.84. The molecule has 0 saturated heterocycles. The summed E-state index contributed by atoms with van der Waals surface area (Å²) in [4.78, 5) is 11.7. The summed E-state index contributed by atoms with van der Waals surface area (Å²) in [6.07, 6.45) is 0. The fourth-order valence-corrected chi connectivity index (χ4v) is 1.79.